The van der Waals surface area contributed by atoms with Gasteiger partial charge in [-0.25, -0.2) is 0 Å². The molecule has 2 rings (SSSR count). The molecule has 0 amide bonds. The summed E-state index contributed by atoms with van der Waals surface area (Å²) in [5.74, 6) is 6.23. The Morgan fingerprint density at radius 3 is 2.74 bits per heavy atom. The molecular weight excluding hydrogens is 240 g/mol. The van der Waals surface area contributed by atoms with Crippen molar-refractivity contribution in [3.8, 4) is 17.6 Å². The van der Waals surface area contributed by atoms with Crippen LogP contribution in [0.25, 0.3) is 0 Å². The molecule has 4 heteroatoms. The van der Waals surface area contributed by atoms with Gasteiger partial charge in [-0.2, -0.15) is 5.10 Å². The summed E-state index contributed by atoms with van der Waals surface area (Å²) >= 11 is 0. The Kier molecular flexibility index (Phi) is 4.60. The minimum Gasteiger partial charge on any atom is -0.489 e. The van der Waals surface area contributed by atoms with E-state index in [0.29, 0.717) is 6.61 Å². The number of ether oxygens (including phenoxy) is 1. The maximum Gasteiger partial charge on any atom is 0.119 e. The number of aliphatic hydroxyl groups is 1. The third kappa shape index (κ3) is 3.87. The standard InChI is InChI=1S/C15H16N2O2/c1-2-17-11-14(10-16-17)12-19-15-7-5-13(6-8-15)4-3-9-18/h5-8,10-11,18H,2,9,12H2,1H3. The maximum absolute atomic E-state index is 8.61. The summed E-state index contributed by atoms with van der Waals surface area (Å²) in [6, 6.07) is 7.47. The summed E-state index contributed by atoms with van der Waals surface area (Å²) in [4.78, 5) is 0. The van der Waals surface area contributed by atoms with Crippen LogP contribution in [0.3, 0.4) is 0 Å². The van der Waals surface area contributed by atoms with Gasteiger partial charge in [0.15, 0.2) is 0 Å². The zero-order chi connectivity index (χ0) is 13.5. The minimum absolute atomic E-state index is 0.125. The van der Waals surface area contributed by atoms with Gasteiger partial charge >= 0.3 is 0 Å². The number of nitrogens with zero attached hydrogens (tertiary/aromatic N) is 2. The van der Waals surface area contributed by atoms with Crippen molar-refractivity contribution in [3.63, 3.8) is 0 Å². The van der Waals surface area contributed by atoms with E-state index in [1.807, 2.05) is 48.3 Å². The first-order chi connectivity index (χ1) is 9.31. The van der Waals surface area contributed by atoms with Gasteiger partial charge < -0.3 is 9.84 Å². The van der Waals surface area contributed by atoms with Crippen LogP contribution < -0.4 is 4.74 Å². The third-order valence-corrected chi connectivity index (χ3v) is 2.58. The van der Waals surface area contributed by atoms with Crippen LogP contribution >= 0.6 is 0 Å². The van der Waals surface area contributed by atoms with E-state index in [-0.39, 0.29) is 6.61 Å². The highest BCUT2D eigenvalue weighted by molar-refractivity contribution is 5.38. The van der Waals surface area contributed by atoms with Gasteiger partial charge in [0.25, 0.3) is 0 Å². The van der Waals surface area contributed by atoms with Crippen molar-refractivity contribution in [1.82, 2.24) is 9.78 Å². The van der Waals surface area contributed by atoms with Crippen molar-refractivity contribution in [2.45, 2.75) is 20.1 Å². The van der Waals surface area contributed by atoms with E-state index in [4.69, 9.17) is 9.84 Å². The van der Waals surface area contributed by atoms with Gasteiger partial charge in [-0.1, -0.05) is 11.8 Å². The predicted molar refractivity (Wildman–Crippen MR) is 72.6 cm³/mol. The quantitative estimate of drug-likeness (QED) is 0.849. The molecule has 0 radical (unpaired) electrons. The molecule has 0 bridgehead atoms. The normalized spacial score (nSPS) is 9.79. The average molecular weight is 256 g/mol. The van der Waals surface area contributed by atoms with Gasteiger partial charge in [0.05, 0.1) is 6.20 Å². The number of hydrogen-bond donors (Lipinski definition) is 1. The monoisotopic (exact) mass is 256 g/mol. The number of aromatic nitrogens is 2. The summed E-state index contributed by atoms with van der Waals surface area (Å²) in [5.41, 5.74) is 1.91. The third-order valence-electron chi connectivity index (χ3n) is 2.58. The molecule has 2 aromatic rings. The zero-order valence-electron chi connectivity index (χ0n) is 10.8. The molecule has 1 heterocycles. The lowest BCUT2D eigenvalue weighted by Gasteiger charge is -2.04. The summed E-state index contributed by atoms with van der Waals surface area (Å²) < 4.78 is 7.53. The molecule has 1 aromatic carbocycles. The molecular formula is C15H16N2O2. The van der Waals surface area contributed by atoms with E-state index < -0.39 is 0 Å². The summed E-state index contributed by atoms with van der Waals surface area (Å²) in [7, 11) is 0. The summed E-state index contributed by atoms with van der Waals surface area (Å²) in [5, 5.41) is 12.8. The fourth-order valence-electron chi connectivity index (χ4n) is 1.60. The highest BCUT2D eigenvalue weighted by Gasteiger charge is 1.99. The minimum atomic E-state index is -0.125. The van der Waals surface area contributed by atoms with Crippen molar-refractivity contribution >= 4 is 0 Å². The SMILES string of the molecule is CCn1cc(COc2ccc(C#CCO)cc2)cn1. The lowest BCUT2D eigenvalue weighted by Crippen LogP contribution is -1.95. The highest BCUT2D eigenvalue weighted by Crippen LogP contribution is 2.13. The van der Waals surface area contributed by atoms with Crippen LogP contribution in [-0.4, -0.2) is 21.5 Å². The van der Waals surface area contributed by atoms with Crippen molar-refractivity contribution in [2.24, 2.45) is 0 Å². The molecule has 1 aromatic heterocycles. The second-order valence-corrected chi connectivity index (χ2v) is 3.98. The van der Waals surface area contributed by atoms with E-state index in [1.165, 1.54) is 0 Å². The smallest absolute Gasteiger partial charge is 0.119 e. The van der Waals surface area contributed by atoms with E-state index in [0.717, 1.165) is 23.4 Å². The number of benzene rings is 1. The first-order valence-corrected chi connectivity index (χ1v) is 6.15. The zero-order valence-corrected chi connectivity index (χ0v) is 10.8. The van der Waals surface area contributed by atoms with Crippen molar-refractivity contribution in [3.05, 3.63) is 47.8 Å². The van der Waals surface area contributed by atoms with Crippen LogP contribution in [0.5, 0.6) is 5.75 Å². The Labute approximate surface area is 112 Å². The van der Waals surface area contributed by atoms with E-state index in [9.17, 15) is 0 Å². The number of aliphatic hydroxyl groups excluding tert-OH is 1. The molecule has 0 saturated heterocycles. The number of hydrogen-bond acceptors (Lipinski definition) is 3. The van der Waals surface area contributed by atoms with Gasteiger partial charge in [-0.05, 0) is 31.2 Å². The lowest BCUT2D eigenvalue weighted by molar-refractivity contribution is 0.306. The molecule has 19 heavy (non-hydrogen) atoms. The topological polar surface area (TPSA) is 47.3 Å². The molecule has 98 valence electrons. The predicted octanol–water partition coefficient (Wildman–Crippen LogP) is 1.83. The van der Waals surface area contributed by atoms with Crippen molar-refractivity contribution < 1.29 is 9.84 Å². The largest absolute Gasteiger partial charge is 0.489 e. The number of rotatable bonds is 4. The Bertz CT molecular complexity index is 576. The Morgan fingerprint density at radius 1 is 1.32 bits per heavy atom. The second-order valence-electron chi connectivity index (χ2n) is 3.98. The van der Waals surface area contributed by atoms with Gasteiger partial charge in [0.2, 0.25) is 0 Å². The van der Waals surface area contributed by atoms with Crippen molar-refractivity contribution in [2.75, 3.05) is 6.61 Å². The van der Waals surface area contributed by atoms with Gasteiger partial charge in [-0.15, -0.1) is 0 Å². The van der Waals surface area contributed by atoms with Crippen LogP contribution in [0.1, 0.15) is 18.1 Å². The molecule has 0 aliphatic carbocycles. The fourth-order valence-corrected chi connectivity index (χ4v) is 1.60. The highest BCUT2D eigenvalue weighted by atomic mass is 16.5. The van der Waals surface area contributed by atoms with E-state index in [2.05, 4.69) is 16.9 Å². The molecule has 0 aliphatic rings. The molecule has 1 N–H and O–H groups in total. The second kappa shape index (κ2) is 6.62. The molecule has 0 spiro atoms. The molecule has 0 unspecified atom stereocenters. The Balaban J connectivity index is 1.92. The Morgan fingerprint density at radius 2 is 2.11 bits per heavy atom. The average Bonchev–Trinajstić information content (AvgIpc) is 2.92. The molecule has 0 saturated carbocycles. The maximum atomic E-state index is 8.61. The molecule has 0 aliphatic heterocycles. The number of aryl methyl sites for hydroxylation is 1. The molecule has 4 nitrogen and oxygen atoms in total. The molecule has 0 fully saturated rings. The van der Waals surface area contributed by atoms with Crippen LogP contribution in [0.2, 0.25) is 0 Å². The van der Waals surface area contributed by atoms with Gasteiger partial charge in [0.1, 0.15) is 19.0 Å². The van der Waals surface area contributed by atoms with Crippen LogP contribution in [-0.2, 0) is 13.2 Å². The van der Waals surface area contributed by atoms with Crippen LogP contribution in [0.4, 0.5) is 0 Å². The van der Waals surface area contributed by atoms with E-state index >= 15 is 0 Å². The first kappa shape index (κ1) is 13.2. The first-order valence-electron chi connectivity index (χ1n) is 6.15. The Hall–Kier alpha value is -2.25. The summed E-state index contributed by atoms with van der Waals surface area (Å²) in [6.45, 7) is 3.28. The van der Waals surface area contributed by atoms with E-state index in [1.54, 1.807) is 0 Å². The van der Waals surface area contributed by atoms with Gasteiger partial charge in [0, 0.05) is 23.9 Å². The summed E-state index contributed by atoms with van der Waals surface area (Å²) in [6.07, 6.45) is 3.78. The molecule has 0 atom stereocenters. The van der Waals surface area contributed by atoms with Crippen LogP contribution in [0, 0.1) is 11.8 Å². The lowest BCUT2D eigenvalue weighted by atomic mass is 10.2. The van der Waals surface area contributed by atoms with Gasteiger partial charge in [-0.3, -0.25) is 4.68 Å². The van der Waals surface area contributed by atoms with Crippen LogP contribution in [0.15, 0.2) is 36.7 Å². The fraction of sp³-hybridized carbons (Fsp3) is 0.267. The van der Waals surface area contributed by atoms with Crippen molar-refractivity contribution in [1.29, 1.82) is 0 Å².